The Labute approximate surface area is 78.3 Å². The molecule has 0 atom stereocenters. The van der Waals surface area contributed by atoms with Gasteiger partial charge in [-0.05, 0) is 53.9 Å². The molecule has 1 aromatic heterocycles. The fourth-order valence-electron chi connectivity index (χ4n) is 0.393. The lowest BCUT2D eigenvalue weighted by Crippen LogP contribution is -1.76. The molecule has 0 bridgehead atoms. The summed E-state index contributed by atoms with van der Waals surface area (Å²) in [5.74, 6) is 0. The maximum atomic E-state index is 3.98. The second kappa shape index (κ2) is 3.12. The highest BCUT2D eigenvalue weighted by atomic mass is 79.9. The van der Waals surface area contributed by atoms with E-state index in [0.29, 0.717) is 4.60 Å². The van der Waals surface area contributed by atoms with E-state index in [1.165, 1.54) is 0 Å². The molecule has 0 saturated heterocycles. The molecule has 0 aromatic carbocycles. The summed E-state index contributed by atoms with van der Waals surface area (Å²) in [7, 11) is 0. The van der Waals surface area contributed by atoms with Crippen molar-refractivity contribution in [2.24, 2.45) is 0 Å². The lowest BCUT2D eigenvalue weighted by molar-refractivity contribution is 1.21. The van der Waals surface area contributed by atoms with Crippen LogP contribution >= 0.6 is 47.8 Å². The maximum absolute atomic E-state index is 3.98. The molecule has 1 rings (SSSR count). The summed E-state index contributed by atoms with van der Waals surface area (Å²) in [4.78, 5) is 3.98. The SMILES string of the molecule is Brc1[c]c(Br)nc(Br)c1. The zero-order valence-corrected chi connectivity index (χ0v) is 8.92. The molecule has 47 valence electrons. The van der Waals surface area contributed by atoms with E-state index in [2.05, 4.69) is 58.8 Å². The van der Waals surface area contributed by atoms with Gasteiger partial charge in [-0.1, -0.05) is 0 Å². The quantitative estimate of drug-likeness (QED) is 0.670. The first-order valence-corrected chi connectivity index (χ1v) is 4.47. The summed E-state index contributed by atoms with van der Waals surface area (Å²) in [6.45, 7) is 0. The van der Waals surface area contributed by atoms with Gasteiger partial charge in [0.1, 0.15) is 9.21 Å². The van der Waals surface area contributed by atoms with Crippen molar-refractivity contribution in [3.05, 3.63) is 25.8 Å². The highest BCUT2D eigenvalue weighted by molar-refractivity contribution is 9.11. The molecule has 0 fully saturated rings. The predicted octanol–water partition coefficient (Wildman–Crippen LogP) is 3.17. The lowest BCUT2D eigenvalue weighted by Gasteiger charge is -1.91. The van der Waals surface area contributed by atoms with E-state index in [-0.39, 0.29) is 0 Å². The minimum absolute atomic E-state index is 0.698. The van der Waals surface area contributed by atoms with Crippen LogP contribution in [-0.4, -0.2) is 4.98 Å². The zero-order valence-electron chi connectivity index (χ0n) is 4.16. The van der Waals surface area contributed by atoms with Crippen molar-refractivity contribution < 1.29 is 0 Å². The third-order valence-electron chi connectivity index (χ3n) is 0.673. The van der Waals surface area contributed by atoms with Gasteiger partial charge in [-0.15, -0.1) is 0 Å². The fraction of sp³-hybridized carbons (Fsp3) is 0. The molecule has 0 aliphatic rings. The summed E-state index contributed by atoms with van der Waals surface area (Å²) in [6.07, 6.45) is 0. The van der Waals surface area contributed by atoms with Crippen LogP contribution in [-0.2, 0) is 0 Å². The van der Waals surface area contributed by atoms with E-state index in [1.54, 1.807) is 0 Å². The van der Waals surface area contributed by atoms with Gasteiger partial charge in [0.25, 0.3) is 0 Å². The van der Waals surface area contributed by atoms with E-state index >= 15 is 0 Å². The van der Waals surface area contributed by atoms with Gasteiger partial charge in [-0.25, -0.2) is 4.98 Å². The van der Waals surface area contributed by atoms with Crippen LogP contribution in [0.25, 0.3) is 0 Å². The average Bonchev–Trinajstić information content (AvgIpc) is 1.59. The van der Waals surface area contributed by atoms with Crippen molar-refractivity contribution in [1.29, 1.82) is 0 Å². The molecule has 0 aliphatic carbocycles. The number of rotatable bonds is 0. The first kappa shape index (κ1) is 7.69. The Bertz CT molecular complexity index is 173. The van der Waals surface area contributed by atoms with E-state index in [9.17, 15) is 0 Å². The summed E-state index contributed by atoms with van der Waals surface area (Å²) in [6, 6.07) is 4.73. The van der Waals surface area contributed by atoms with Crippen LogP contribution < -0.4 is 0 Å². The zero-order chi connectivity index (χ0) is 6.85. The molecule has 1 nitrogen and oxygen atoms in total. The van der Waals surface area contributed by atoms with Crippen molar-refractivity contribution in [2.75, 3.05) is 0 Å². The van der Waals surface area contributed by atoms with Crippen LogP contribution in [0.4, 0.5) is 0 Å². The van der Waals surface area contributed by atoms with Crippen LogP contribution in [0.3, 0.4) is 0 Å². The number of nitrogens with zero attached hydrogens (tertiary/aromatic N) is 1. The Morgan fingerprint density at radius 1 is 1.33 bits per heavy atom. The smallest absolute Gasteiger partial charge is 0.116 e. The van der Waals surface area contributed by atoms with Crippen molar-refractivity contribution >= 4 is 47.8 Å². The van der Waals surface area contributed by atoms with Crippen molar-refractivity contribution in [3.8, 4) is 0 Å². The number of hydrogen-bond donors (Lipinski definition) is 0. The highest BCUT2D eigenvalue weighted by Crippen LogP contribution is 2.18. The largest absolute Gasteiger partial charge is 0.233 e. The van der Waals surface area contributed by atoms with Crippen LogP contribution in [0.1, 0.15) is 0 Å². The van der Waals surface area contributed by atoms with Gasteiger partial charge < -0.3 is 0 Å². The van der Waals surface area contributed by atoms with Crippen LogP contribution in [0.2, 0.25) is 0 Å². The highest BCUT2D eigenvalue weighted by Gasteiger charge is 1.94. The molecule has 1 radical (unpaired) electrons. The molecule has 0 unspecified atom stereocenters. The van der Waals surface area contributed by atoms with Gasteiger partial charge in [-0.2, -0.15) is 0 Å². The maximum Gasteiger partial charge on any atom is 0.116 e. The summed E-state index contributed by atoms with van der Waals surface area (Å²) in [5.41, 5.74) is 0. The Balaban J connectivity index is 3.17. The first-order chi connectivity index (χ1) is 4.18. The van der Waals surface area contributed by atoms with Gasteiger partial charge >= 0.3 is 0 Å². The van der Waals surface area contributed by atoms with E-state index in [1.807, 2.05) is 6.07 Å². The molecule has 9 heavy (non-hydrogen) atoms. The van der Waals surface area contributed by atoms with E-state index < -0.39 is 0 Å². The molecule has 0 saturated carbocycles. The van der Waals surface area contributed by atoms with Crippen LogP contribution in [0.5, 0.6) is 0 Å². The number of aromatic nitrogens is 1. The molecule has 1 aromatic rings. The molecule has 0 spiro atoms. The van der Waals surface area contributed by atoms with Crippen molar-refractivity contribution in [2.45, 2.75) is 0 Å². The number of hydrogen-bond acceptors (Lipinski definition) is 1. The Kier molecular flexibility index (Phi) is 2.67. The summed E-state index contributed by atoms with van der Waals surface area (Å²) >= 11 is 9.67. The monoisotopic (exact) mass is 312 g/mol. The van der Waals surface area contributed by atoms with Gasteiger partial charge in [-0.3, -0.25) is 0 Å². The molecule has 0 N–H and O–H groups in total. The standard InChI is InChI=1S/C5HBr3N/c6-3-1-4(7)9-5(8)2-3/h1H. The third-order valence-corrected chi connectivity index (χ3v) is 1.88. The Morgan fingerprint density at radius 2 is 2.00 bits per heavy atom. The topological polar surface area (TPSA) is 12.9 Å². The molecule has 0 amide bonds. The first-order valence-electron chi connectivity index (χ1n) is 2.09. The van der Waals surface area contributed by atoms with Crippen LogP contribution in [0.15, 0.2) is 19.7 Å². The molecule has 0 aliphatic heterocycles. The third kappa shape index (κ3) is 2.35. The molecular formula is C5HBr3N. The Hall–Kier alpha value is 0.590. The minimum Gasteiger partial charge on any atom is -0.233 e. The second-order valence-corrected chi connectivity index (χ2v) is 3.76. The van der Waals surface area contributed by atoms with Crippen LogP contribution in [0, 0.1) is 6.07 Å². The Morgan fingerprint density at radius 3 is 2.44 bits per heavy atom. The molecular weight excluding hydrogens is 314 g/mol. The molecule has 4 heteroatoms. The second-order valence-electron chi connectivity index (χ2n) is 1.34. The number of pyridine rings is 1. The fourth-order valence-corrected chi connectivity index (χ4v) is 2.42. The predicted molar refractivity (Wildman–Crippen MR) is 46.2 cm³/mol. The molecule has 1 heterocycles. The summed E-state index contributed by atoms with van der Waals surface area (Å²) in [5, 5.41) is 0. The van der Waals surface area contributed by atoms with Gasteiger partial charge in [0.2, 0.25) is 0 Å². The summed E-state index contributed by atoms with van der Waals surface area (Å²) < 4.78 is 2.38. The van der Waals surface area contributed by atoms with Crippen molar-refractivity contribution in [1.82, 2.24) is 4.98 Å². The minimum atomic E-state index is 0.698. The van der Waals surface area contributed by atoms with Crippen molar-refractivity contribution in [3.63, 3.8) is 0 Å². The van der Waals surface area contributed by atoms with E-state index in [4.69, 9.17) is 0 Å². The average molecular weight is 315 g/mol. The van der Waals surface area contributed by atoms with E-state index in [0.717, 1.165) is 9.08 Å². The van der Waals surface area contributed by atoms with Gasteiger partial charge in [0, 0.05) is 10.5 Å². The lowest BCUT2D eigenvalue weighted by atomic mass is 10.5. The normalized spacial score (nSPS) is 9.67. The van der Waals surface area contributed by atoms with Gasteiger partial charge in [0.15, 0.2) is 0 Å². The number of halogens is 3. The van der Waals surface area contributed by atoms with Gasteiger partial charge in [0.05, 0.1) is 0 Å².